The topological polar surface area (TPSA) is 104 Å². The third kappa shape index (κ3) is 3.67. The zero-order valence-corrected chi connectivity index (χ0v) is 10.8. The lowest BCUT2D eigenvalue weighted by atomic mass is 10.2. The maximum atomic E-state index is 11.9. The normalized spacial score (nSPS) is 13.2. The summed E-state index contributed by atoms with van der Waals surface area (Å²) in [5, 5.41) is 17.5. The van der Waals surface area contributed by atoms with E-state index in [9.17, 15) is 13.2 Å². The third-order valence-corrected chi connectivity index (χ3v) is 4.11. The molecule has 0 saturated carbocycles. The molecule has 0 aliphatic heterocycles. The number of benzene rings is 1. The van der Waals surface area contributed by atoms with Gasteiger partial charge in [-0.15, -0.1) is 0 Å². The van der Waals surface area contributed by atoms with Gasteiger partial charge in [-0.05, 0) is 18.6 Å². The molecule has 3 N–H and O–H groups in total. The van der Waals surface area contributed by atoms with Crippen LogP contribution in [0.3, 0.4) is 0 Å². The van der Waals surface area contributed by atoms with E-state index >= 15 is 0 Å². The Labute approximate surface area is 109 Å². The molecule has 0 spiro atoms. The second kappa shape index (κ2) is 6.14. The number of aliphatic hydroxyl groups is 1. The number of sulfonamides is 1. The lowest BCUT2D eigenvalue weighted by Gasteiger charge is -2.14. The average molecular weight is 294 g/mol. The number of rotatable bonds is 6. The summed E-state index contributed by atoms with van der Waals surface area (Å²) >= 11 is 5.73. The first kappa shape index (κ1) is 14.9. The van der Waals surface area contributed by atoms with Crippen LogP contribution in [0.15, 0.2) is 29.2 Å². The monoisotopic (exact) mass is 293 g/mol. The molecule has 0 saturated heterocycles. The van der Waals surface area contributed by atoms with Crippen molar-refractivity contribution in [3.63, 3.8) is 0 Å². The van der Waals surface area contributed by atoms with Crippen LogP contribution in [0.4, 0.5) is 0 Å². The van der Waals surface area contributed by atoms with Crippen molar-refractivity contribution in [1.82, 2.24) is 4.72 Å². The van der Waals surface area contributed by atoms with E-state index < -0.39 is 28.6 Å². The fourth-order valence-electron chi connectivity index (χ4n) is 1.28. The molecule has 0 bridgehead atoms. The first-order valence-electron chi connectivity index (χ1n) is 4.99. The molecule has 0 heterocycles. The summed E-state index contributed by atoms with van der Waals surface area (Å²) in [5.41, 5.74) is 0. The van der Waals surface area contributed by atoms with Crippen molar-refractivity contribution in [3.05, 3.63) is 29.3 Å². The van der Waals surface area contributed by atoms with Crippen LogP contribution >= 0.6 is 11.6 Å². The van der Waals surface area contributed by atoms with Crippen LogP contribution in [0.25, 0.3) is 0 Å². The van der Waals surface area contributed by atoms with Crippen molar-refractivity contribution in [1.29, 1.82) is 0 Å². The molecule has 1 aromatic carbocycles. The Hall–Kier alpha value is -1.15. The Morgan fingerprint density at radius 3 is 2.50 bits per heavy atom. The van der Waals surface area contributed by atoms with Gasteiger partial charge in [0.15, 0.2) is 0 Å². The molecule has 6 nitrogen and oxygen atoms in total. The van der Waals surface area contributed by atoms with E-state index in [1.54, 1.807) is 6.07 Å². The highest BCUT2D eigenvalue weighted by Crippen LogP contribution is 2.20. The van der Waals surface area contributed by atoms with Gasteiger partial charge in [0.05, 0.1) is 5.02 Å². The minimum absolute atomic E-state index is 0.00172. The molecule has 1 rings (SSSR count). The van der Waals surface area contributed by atoms with E-state index in [1.807, 2.05) is 4.72 Å². The van der Waals surface area contributed by atoms with E-state index in [-0.39, 0.29) is 16.3 Å². The summed E-state index contributed by atoms with van der Waals surface area (Å²) < 4.78 is 25.8. The van der Waals surface area contributed by atoms with Crippen LogP contribution in [0.1, 0.15) is 6.42 Å². The molecule has 0 amide bonds. The van der Waals surface area contributed by atoms with Gasteiger partial charge in [0, 0.05) is 6.61 Å². The highest BCUT2D eigenvalue weighted by atomic mass is 35.5. The Kier molecular flexibility index (Phi) is 5.09. The number of aliphatic hydroxyl groups excluding tert-OH is 1. The highest BCUT2D eigenvalue weighted by molar-refractivity contribution is 7.89. The summed E-state index contributed by atoms with van der Waals surface area (Å²) in [6, 6.07) is 4.29. The highest BCUT2D eigenvalue weighted by Gasteiger charge is 2.26. The van der Waals surface area contributed by atoms with Crippen molar-refractivity contribution >= 4 is 27.6 Å². The molecule has 0 fully saturated rings. The molecular weight excluding hydrogens is 282 g/mol. The minimum Gasteiger partial charge on any atom is -0.480 e. The van der Waals surface area contributed by atoms with Gasteiger partial charge in [-0.3, -0.25) is 4.79 Å². The van der Waals surface area contributed by atoms with Crippen molar-refractivity contribution in [3.8, 4) is 0 Å². The molecule has 0 aliphatic carbocycles. The van der Waals surface area contributed by atoms with Crippen molar-refractivity contribution < 1.29 is 23.4 Å². The summed E-state index contributed by atoms with van der Waals surface area (Å²) in [7, 11) is -4.03. The summed E-state index contributed by atoms with van der Waals surface area (Å²) in [6.45, 7) is -0.442. The lowest BCUT2D eigenvalue weighted by Crippen LogP contribution is -2.41. The number of hydrogen-bond donors (Lipinski definition) is 3. The predicted octanol–water partition coefficient (Wildman–Crippen LogP) is 0.454. The molecule has 8 heteroatoms. The summed E-state index contributed by atoms with van der Waals surface area (Å²) in [6.07, 6.45) is -0.223. The first-order valence-corrected chi connectivity index (χ1v) is 6.85. The van der Waals surface area contributed by atoms with Crippen LogP contribution in [-0.2, 0) is 14.8 Å². The van der Waals surface area contributed by atoms with E-state index in [0.717, 1.165) is 0 Å². The van der Waals surface area contributed by atoms with Crippen molar-refractivity contribution in [2.75, 3.05) is 6.61 Å². The van der Waals surface area contributed by atoms with Gasteiger partial charge in [-0.1, -0.05) is 23.7 Å². The molecule has 100 valence electrons. The van der Waals surface area contributed by atoms with Crippen LogP contribution in [-0.4, -0.2) is 37.2 Å². The number of carboxylic acids is 1. The van der Waals surface area contributed by atoms with Gasteiger partial charge in [-0.25, -0.2) is 8.42 Å². The number of aliphatic carboxylic acids is 1. The van der Waals surface area contributed by atoms with Gasteiger partial charge >= 0.3 is 5.97 Å². The van der Waals surface area contributed by atoms with Gasteiger partial charge < -0.3 is 10.2 Å². The first-order chi connectivity index (χ1) is 8.38. The molecule has 1 aromatic rings. The number of halogens is 1. The van der Waals surface area contributed by atoms with Crippen LogP contribution in [0.2, 0.25) is 5.02 Å². The van der Waals surface area contributed by atoms with Crippen molar-refractivity contribution in [2.24, 2.45) is 0 Å². The van der Waals surface area contributed by atoms with Gasteiger partial charge in [0.2, 0.25) is 10.0 Å². The van der Waals surface area contributed by atoms with Crippen molar-refractivity contribution in [2.45, 2.75) is 17.4 Å². The van der Waals surface area contributed by atoms with Crippen LogP contribution in [0.5, 0.6) is 0 Å². The van der Waals surface area contributed by atoms with E-state index in [0.29, 0.717) is 0 Å². The number of hydrogen-bond acceptors (Lipinski definition) is 4. The van der Waals surface area contributed by atoms with E-state index in [2.05, 4.69) is 0 Å². The molecule has 0 unspecified atom stereocenters. The zero-order chi connectivity index (χ0) is 13.8. The molecular formula is C10H12ClNO5S. The molecule has 0 aromatic heterocycles. The Morgan fingerprint density at radius 1 is 1.39 bits per heavy atom. The Bertz CT molecular complexity index is 531. The van der Waals surface area contributed by atoms with E-state index in [4.69, 9.17) is 21.8 Å². The number of nitrogens with one attached hydrogen (secondary N) is 1. The largest absolute Gasteiger partial charge is 0.480 e. The molecule has 0 radical (unpaired) electrons. The standard InChI is InChI=1S/C10H12ClNO5S/c11-7-3-1-2-4-9(7)18(16,17)12-8(5-6-13)10(14)15/h1-4,8,12-13H,5-6H2,(H,14,15)/t8-/m1/s1. The van der Waals surface area contributed by atoms with E-state index in [1.165, 1.54) is 18.2 Å². The summed E-state index contributed by atoms with van der Waals surface area (Å²) in [4.78, 5) is 10.6. The van der Waals surface area contributed by atoms with Gasteiger partial charge in [0.25, 0.3) is 0 Å². The molecule has 1 atom stereocenters. The second-order valence-corrected chi connectivity index (χ2v) is 5.54. The smallest absolute Gasteiger partial charge is 0.321 e. The van der Waals surface area contributed by atoms with Crippen LogP contribution < -0.4 is 4.72 Å². The quantitative estimate of drug-likeness (QED) is 0.707. The SMILES string of the molecule is O=C(O)[C@@H](CCO)NS(=O)(=O)c1ccccc1Cl. The third-order valence-electron chi connectivity index (χ3n) is 2.14. The maximum Gasteiger partial charge on any atom is 0.321 e. The number of carboxylic acid groups (broad SMARTS) is 1. The maximum absolute atomic E-state index is 11.9. The average Bonchev–Trinajstić information content (AvgIpc) is 2.28. The zero-order valence-electron chi connectivity index (χ0n) is 9.21. The molecule has 18 heavy (non-hydrogen) atoms. The molecule has 0 aliphatic rings. The minimum atomic E-state index is -4.03. The predicted molar refractivity (Wildman–Crippen MR) is 64.9 cm³/mol. The lowest BCUT2D eigenvalue weighted by molar-refractivity contribution is -0.139. The fourth-order valence-corrected chi connectivity index (χ4v) is 3.02. The Balaban J connectivity index is 3.01. The Morgan fingerprint density at radius 2 is 2.00 bits per heavy atom. The second-order valence-electron chi connectivity index (χ2n) is 3.45. The van der Waals surface area contributed by atoms with Crippen LogP contribution in [0, 0.1) is 0 Å². The summed E-state index contributed by atoms with van der Waals surface area (Å²) in [5.74, 6) is -1.36. The fraction of sp³-hybridized carbons (Fsp3) is 0.300. The van der Waals surface area contributed by atoms with Gasteiger partial charge in [0.1, 0.15) is 10.9 Å². The van der Waals surface area contributed by atoms with Gasteiger partial charge in [-0.2, -0.15) is 4.72 Å². The number of carbonyl (C=O) groups is 1.